The summed E-state index contributed by atoms with van der Waals surface area (Å²) < 4.78 is 5.87. The number of fused-ring (bicyclic) bond motifs is 1. The number of benzene rings is 2. The molecule has 0 aliphatic rings. The minimum Gasteiger partial charge on any atom is -0.455 e. The van der Waals surface area contributed by atoms with Gasteiger partial charge in [-0.1, -0.05) is 29.8 Å². The second-order valence-electron chi connectivity index (χ2n) is 4.55. The molecule has 0 aliphatic carbocycles. The summed E-state index contributed by atoms with van der Waals surface area (Å²) in [5.41, 5.74) is 2.27. The summed E-state index contributed by atoms with van der Waals surface area (Å²) in [6.07, 6.45) is 0. The highest BCUT2D eigenvalue weighted by Gasteiger charge is 2.06. The average Bonchev–Trinajstić information content (AvgIpc) is 2.49. The fraction of sp³-hybridized carbons (Fsp3) is 0.0588. The number of hydrogen-bond acceptors (Lipinski definition) is 3. The van der Waals surface area contributed by atoms with Crippen LogP contribution in [0.4, 0.5) is 0 Å². The molecule has 3 rings (SSSR count). The number of rotatable bonds is 2. The monoisotopic (exact) mass is 260 g/mol. The molecular formula is C17H12N2O. The Labute approximate surface area is 117 Å². The summed E-state index contributed by atoms with van der Waals surface area (Å²) in [7, 11) is 0. The van der Waals surface area contributed by atoms with Gasteiger partial charge in [0.1, 0.15) is 23.0 Å². The Morgan fingerprint density at radius 2 is 1.80 bits per heavy atom. The molecule has 3 nitrogen and oxygen atoms in total. The van der Waals surface area contributed by atoms with Crippen molar-refractivity contribution in [2.24, 2.45) is 0 Å². The van der Waals surface area contributed by atoms with Gasteiger partial charge >= 0.3 is 0 Å². The number of pyridine rings is 1. The van der Waals surface area contributed by atoms with Crippen LogP contribution >= 0.6 is 0 Å². The molecule has 0 amide bonds. The smallest absolute Gasteiger partial charge is 0.153 e. The Balaban J connectivity index is 2.06. The number of nitriles is 1. The number of nitrogens with zero attached hydrogens (tertiary/aromatic N) is 2. The van der Waals surface area contributed by atoms with Crippen molar-refractivity contribution >= 4 is 10.9 Å². The number of ether oxygens (including phenoxy) is 1. The summed E-state index contributed by atoms with van der Waals surface area (Å²) in [5, 5.41) is 9.91. The van der Waals surface area contributed by atoms with Gasteiger partial charge in [-0.15, -0.1) is 0 Å². The summed E-state index contributed by atoms with van der Waals surface area (Å²) in [6.45, 7) is 2.03. The van der Waals surface area contributed by atoms with Crippen LogP contribution in [-0.4, -0.2) is 4.98 Å². The van der Waals surface area contributed by atoms with E-state index in [1.165, 1.54) is 5.56 Å². The molecule has 3 heteroatoms. The maximum atomic E-state index is 8.95. The first kappa shape index (κ1) is 12.2. The van der Waals surface area contributed by atoms with E-state index in [1.54, 1.807) is 6.07 Å². The van der Waals surface area contributed by atoms with Crippen molar-refractivity contribution in [3.63, 3.8) is 0 Å². The Morgan fingerprint density at radius 1 is 1.00 bits per heavy atom. The maximum Gasteiger partial charge on any atom is 0.153 e. The van der Waals surface area contributed by atoms with Gasteiger partial charge in [-0.05, 0) is 37.3 Å². The molecule has 20 heavy (non-hydrogen) atoms. The highest BCUT2D eigenvalue weighted by Crippen LogP contribution is 2.28. The zero-order valence-corrected chi connectivity index (χ0v) is 11.0. The quantitative estimate of drug-likeness (QED) is 0.693. The molecule has 0 unspecified atom stereocenters. The van der Waals surface area contributed by atoms with Crippen LogP contribution in [0.5, 0.6) is 11.5 Å². The lowest BCUT2D eigenvalue weighted by Gasteiger charge is -2.08. The van der Waals surface area contributed by atoms with Gasteiger partial charge in [0.25, 0.3) is 0 Å². The van der Waals surface area contributed by atoms with Gasteiger partial charge < -0.3 is 4.74 Å². The first-order valence-electron chi connectivity index (χ1n) is 6.31. The highest BCUT2D eigenvalue weighted by atomic mass is 16.5. The SMILES string of the molecule is Cc1ccc(Oc2cccc3ccc(C#N)nc23)cc1. The predicted octanol–water partition coefficient (Wildman–Crippen LogP) is 4.21. The van der Waals surface area contributed by atoms with E-state index in [4.69, 9.17) is 10.00 Å². The molecule has 0 saturated carbocycles. The largest absolute Gasteiger partial charge is 0.455 e. The van der Waals surface area contributed by atoms with Crippen LogP contribution in [0.3, 0.4) is 0 Å². The third-order valence-electron chi connectivity index (χ3n) is 3.05. The van der Waals surface area contributed by atoms with E-state index >= 15 is 0 Å². The van der Waals surface area contributed by atoms with E-state index in [9.17, 15) is 0 Å². The fourth-order valence-electron chi connectivity index (χ4n) is 2.00. The summed E-state index contributed by atoms with van der Waals surface area (Å²) in [6, 6.07) is 19.2. The van der Waals surface area contributed by atoms with Crippen molar-refractivity contribution in [1.82, 2.24) is 4.98 Å². The number of hydrogen-bond donors (Lipinski definition) is 0. The summed E-state index contributed by atoms with van der Waals surface area (Å²) >= 11 is 0. The van der Waals surface area contributed by atoms with Crippen molar-refractivity contribution in [1.29, 1.82) is 5.26 Å². The molecule has 0 N–H and O–H groups in total. The van der Waals surface area contributed by atoms with E-state index in [2.05, 4.69) is 11.1 Å². The van der Waals surface area contributed by atoms with Crippen LogP contribution in [0.15, 0.2) is 54.6 Å². The zero-order chi connectivity index (χ0) is 13.9. The van der Waals surface area contributed by atoms with Crippen LogP contribution in [0, 0.1) is 18.3 Å². The standard InChI is InChI=1S/C17H12N2O/c1-12-5-9-15(10-6-12)20-16-4-2-3-13-7-8-14(11-18)19-17(13)16/h2-10H,1H3. The van der Waals surface area contributed by atoms with Gasteiger partial charge in [0.15, 0.2) is 5.75 Å². The molecule has 2 aromatic carbocycles. The molecule has 3 aromatic rings. The van der Waals surface area contributed by atoms with Gasteiger partial charge in [0.2, 0.25) is 0 Å². The van der Waals surface area contributed by atoms with Gasteiger partial charge in [0, 0.05) is 5.39 Å². The van der Waals surface area contributed by atoms with Gasteiger partial charge in [-0.25, -0.2) is 4.98 Å². The molecular weight excluding hydrogens is 248 g/mol. The van der Waals surface area contributed by atoms with Crippen molar-refractivity contribution < 1.29 is 4.74 Å². The maximum absolute atomic E-state index is 8.95. The molecule has 0 atom stereocenters. The zero-order valence-electron chi connectivity index (χ0n) is 11.0. The van der Waals surface area contributed by atoms with E-state index < -0.39 is 0 Å². The average molecular weight is 260 g/mol. The first-order chi connectivity index (χ1) is 9.76. The molecule has 0 bridgehead atoms. The predicted molar refractivity (Wildman–Crippen MR) is 77.7 cm³/mol. The third kappa shape index (κ3) is 2.32. The Kier molecular flexibility index (Phi) is 3.06. The van der Waals surface area contributed by atoms with Crippen molar-refractivity contribution in [3.8, 4) is 17.6 Å². The van der Waals surface area contributed by atoms with Crippen molar-refractivity contribution in [2.45, 2.75) is 6.92 Å². The molecule has 0 aliphatic heterocycles. The second kappa shape index (κ2) is 5.02. The number of aryl methyl sites for hydroxylation is 1. The first-order valence-corrected chi connectivity index (χ1v) is 6.31. The van der Waals surface area contributed by atoms with E-state index in [1.807, 2.05) is 55.5 Å². The molecule has 0 spiro atoms. The lowest BCUT2D eigenvalue weighted by molar-refractivity contribution is 0.487. The topological polar surface area (TPSA) is 45.9 Å². The van der Waals surface area contributed by atoms with E-state index in [0.717, 1.165) is 11.1 Å². The fourth-order valence-corrected chi connectivity index (χ4v) is 2.00. The number of aromatic nitrogens is 1. The van der Waals surface area contributed by atoms with Crippen molar-refractivity contribution in [3.05, 3.63) is 65.9 Å². The van der Waals surface area contributed by atoms with Crippen LogP contribution in [0.25, 0.3) is 10.9 Å². The Morgan fingerprint density at radius 3 is 2.55 bits per heavy atom. The Bertz CT molecular complexity index is 801. The third-order valence-corrected chi connectivity index (χ3v) is 3.05. The lowest BCUT2D eigenvalue weighted by Crippen LogP contribution is -1.90. The molecule has 1 aromatic heterocycles. The minimum absolute atomic E-state index is 0.387. The molecule has 0 fully saturated rings. The molecule has 0 radical (unpaired) electrons. The van der Waals surface area contributed by atoms with Gasteiger partial charge in [-0.3, -0.25) is 0 Å². The van der Waals surface area contributed by atoms with Gasteiger partial charge in [0.05, 0.1) is 0 Å². The summed E-state index contributed by atoms with van der Waals surface area (Å²) in [4.78, 5) is 4.32. The van der Waals surface area contributed by atoms with Crippen LogP contribution < -0.4 is 4.74 Å². The second-order valence-corrected chi connectivity index (χ2v) is 4.55. The molecule has 1 heterocycles. The van der Waals surface area contributed by atoms with Crippen LogP contribution in [0.2, 0.25) is 0 Å². The van der Waals surface area contributed by atoms with Gasteiger partial charge in [-0.2, -0.15) is 5.26 Å². The number of para-hydroxylation sites is 1. The van der Waals surface area contributed by atoms with E-state index in [0.29, 0.717) is 17.0 Å². The highest BCUT2D eigenvalue weighted by molar-refractivity contribution is 5.85. The normalized spacial score (nSPS) is 10.2. The molecule has 96 valence electrons. The Hall–Kier alpha value is -2.86. The lowest BCUT2D eigenvalue weighted by atomic mass is 10.2. The minimum atomic E-state index is 0.387. The summed E-state index contributed by atoms with van der Waals surface area (Å²) in [5.74, 6) is 1.41. The van der Waals surface area contributed by atoms with Crippen molar-refractivity contribution in [2.75, 3.05) is 0 Å². The molecule has 0 saturated heterocycles. The van der Waals surface area contributed by atoms with Crippen LogP contribution in [0.1, 0.15) is 11.3 Å². The van der Waals surface area contributed by atoms with E-state index in [-0.39, 0.29) is 0 Å². The van der Waals surface area contributed by atoms with Crippen LogP contribution in [-0.2, 0) is 0 Å².